The predicted octanol–water partition coefficient (Wildman–Crippen LogP) is 2.06. The second kappa shape index (κ2) is 4.39. The largest absolute Gasteiger partial charge is 0.416 e. The normalized spacial score (nSPS) is 15.9. The number of rotatable bonds is 2. The zero-order valence-electron chi connectivity index (χ0n) is 8.42. The number of aryl methyl sites for hydroxylation is 1. The van der Waals surface area contributed by atoms with E-state index in [1.807, 2.05) is 0 Å². The van der Waals surface area contributed by atoms with Gasteiger partial charge in [0.2, 0.25) is 0 Å². The fourth-order valence-corrected chi connectivity index (χ4v) is 1.29. The smallest absolute Gasteiger partial charge is 0.382 e. The number of aliphatic hydroxyl groups excluding tert-OH is 1. The third-order valence-corrected chi connectivity index (χ3v) is 2.19. The Hall–Kier alpha value is -1.14. The van der Waals surface area contributed by atoms with Crippen LogP contribution < -0.4 is 5.73 Å². The first-order chi connectivity index (χ1) is 7.23. The van der Waals surface area contributed by atoms with Crippen LogP contribution in [-0.2, 0) is 0 Å². The lowest BCUT2D eigenvalue weighted by molar-refractivity contribution is -0.210. The van der Waals surface area contributed by atoms with Crippen molar-refractivity contribution in [1.82, 2.24) is 0 Å². The van der Waals surface area contributed by atoms with Gasteiger partial charge in [0, 0.05) is 5.56 Å². The minimum absolute atomic E-state index is 0.343. The van der Waals surface area contributed by atoms with Gasteiger partial charge in [-0.25, -0.2) is 4.39 Å². The van der Waals surface area contributed by atoms with Gasteiger partial charge in [-0.1, -0.05) is 17.7 Å². The average molecular weight is 237 g/mol. The molecule has 2 atom stereocenters. The summed E-state index contributed by atoms with van der Waals surface area (Å²) >= 11 is 0. The van der Waals surface area contributed by atoms with E-state index in [-0.39, 0.29) is 5.56 Å². The SMILES string of the molecule is Cc1ccc(F)c([C@@H](N)[C@@H](O)C(F)(F)F)c1. The van der Waals surface area contributed by atoms with E-state index in [2.05, 4.69) is 0 Å². The Labute approximate surface area is 89.7 Å². The highest BCUT2D eigenvalue weighted by molar-refractivity contribution is 5.27. The van der Waals surface area contributed by atoms with Gasteiger partial charge >= 0.3 is 6.18 Å². The van der Waals surface area contributed by atoms with E-state index < -0.39 is 24.1 Å². The van der Waals surface area contributed by atoms with Gasteiger partial charge in [-0.3, -0.25) is 0 Å². The Morgan fingerprint density at radius 2 is 1.88 bits per heavy atom. The first kappa shape index (κ1) is 12.9. The van der Waals surface area contributed by atoms with Crippen LogP contribution in [0.5, 0.6) is 0 Å². The molecule has 0 aromatic heterocycles. The molecule has 1 rings (SSSR count). The fraction of sp³-hybridized carbons (Fsp3) is 0.400. The van der Waals surface area contributed by atoms with Crippen LogP contribution in [0.4, 0.5) is 17.6 Å². The predicted molar refractivity (Wildman–Crippen MR) is 50.1 cm³/mol. The van der Waals surface area contributed by atoms with Gasteiger partial charge in [-0.2, -0.15) is 13.2 Å². The first-order valence-electron chi connectivity index (χ1n) is 4.50. The monoisotopic (exact) mass is 237 g/mol. The summed E-state index contributed by atoms with van der Waals surface area (Å²) in [6, 6.07) is 1.80. The number of nitrogens with two attached hydrogens (primary N) is 1. The quantitative estimate of drug-likeness (QED) is 0.773. The second-order valence-electron chi connectivity index (χ2n) is 3.54. The fourth-order valence-electron chi connectivity index (χ4n) is 1.29. The average Bonchev–Trinajstić information content (AvgIpc) is 2.18. The molecule has 0 saturated carbocycles. The molecule has 1 aromatic rings. The number of hydrogen-bond donors (Lipinski definition) is 2. The lowest BCUT2D eigenvalue weighted by atomic mass is 9.99. The van der Waals surface area contributed by atoms with Crippen LogP contribution in [-0.4, -0.2) is 17.4 Å². The molecule has 0 fully saturated rings. The maximum absolute atomic E-state index is 13.2. The first-order valence-corrected chi connectivity index (χ1v) is 4.50. The Kier molecular flexibility index (Phi) is 3.54. The third kappa shape index (κ3) is 2.70. The van der Waals surface area contributed by atoms with Gasteiger partial charge in [0.1, 0.15) is 5.82 Å². The topological polar surface area (TPSA) is 46.2 Å². The van der Waals surface area contributed by atoms with E-state index in [1.54, 1.807) is 6.92 Å². The molecular formula is C10H11F4NO. The molecule has 0 spiro atoms. The van der Waals surface area contributed by atoms with Crippen molar-refractivity contribution in [1.29, 1.82) is 0 Å². The molecular weight excluding hydrogens is 226 g/mol. The van der Waals surface area contributed by atoms with Gasteiger partial charge < -0.3 is 10.8 Å². The standard InChI is InChI=1S/C10H11F4NO/c1-5-2-3-7(11)6(4-5)8(15)9(16)10(12,13)14/h2-4,8-9,16H,15H2,1H3/t8-,9-/m1/s1. The van der Waals surface area contributed by atoms with Crippen molar-refractivity contribution in [2.45, 2.75) is 25.2 Å². The number of aliphatic hydroxyl groups is 1. The zero-order valence-corrected chi connectivity index (χ0v) is 8.42. The number of benzene rings is 1. The third-order valence-electron chi connectivity index (χ3n) is 2.19. The molecule has 0 heterocycles. The molecule has 3 N–H and O–H groups in total. The van der Waals surface area contributed by atoms with E-state index in [0.29, 0.717) is 5.56 Å². The summed E-state index contributed by atoms with van der Waals surface area (Å²) in [6.45, 7) is 1.59. The lowest BCUT2D eigenvalue weighted by Gasteiger charge is -2.22. The van der Waals surface area contributed by atoms with Crippen molar-refractivity contribution >= 4 is 0 Å². The number of alkyl halides is 3. The molecule has 0 aliphatic rings. The minimum atomic E-state index is -4.87. The summed E-state index contributed by atoms with van der Waals surface area (Å²) < 4.78 is 49.7. The molecule has 0 amide bonds. The van der Waals surface area contributed by atoms with E-state index in [4.69, 9.17) is 10.8 Å². The van der Waals surface area contributed by atoms with Gasteiger partial charge in [-0.05, 0) is 13.0 Å². The maximum Gasteiger partial charge on any atom is 0.416 e. The molecule has 16 heavy (non-hydrogen) atoms. The Bertz CT molecular complexity index is 378. The lowest BCUT2D eigenvalue weighted by Crippen LogP contribution is -2.39. The Balaban J connectivity index is 3.05. The summed E-state index contributed by atoms with van der Waals surface area (Å²) in [6.07, 6.45) is -7.64. The molecule has 0 aliphatic heterocycles. The van der Waals surface area contributed by atoms with Crippen LogP contribution in [0.25, 0.3) is 0 Å². The van der Waals surface area contributed by atoms with Crippen LogP contribution in [0, 0.1) is 12.7 Å². The number of halogens is 4. The van der Waals surface area contributed by atoms with E-state index >= 15 is 0 Å². The van der Waals surface area contributed by atoms with Crippen LogP contribution >= 0.6 is 0 Å². The van der Waals surface area contributed by atoms with Crippen LogP contribution in [0.3, 0.4) is 0 Å². The van der Waals surface area contributed by atoms with E-state index in [9.17, 15) is 17.6 Å². The summed E-state index contributed by atoms with van der Waals surface area (Å²) in [4.78, 5) is 0. The van der Waals surface area contributed by atoms with Crippen LogP contribution in [0.1, 0.15) is 17.2 Å². The van der Waals surface area contributed by atoms with E-state index in [1.165, 1.54) is 12.1 Å². The highest BCUT2D eigenvalue weighted by Gasteiger charge is 2.43. The second-order valence-corrected chi connectivity index (χ2v) is 3.54. The van der Waals surface area contributed by atoms with Crippen molar-refractivity contribution in [3.8, 4) is 0 Å². The summed E-state index contributed by atoms with van der Waals surface area (Å²) in [5.41, 5.74) is 5.41. The van der Waals surface area contributed by atoms with Crippen molar-refractivity contribution in [3.63, 3.8) is 0 Å². The van der Waals surface area contributed by atoms with E-state index in [0.717, 1.165) is 6.07 Å². The van der Waals surface area contributed by atoms with Crippen LogP contribution in [0.15, 0.2) is 18.2 Å². The van der Waals surface area contributed by atoms with Crippen molar-refractivity contribution in [3.05, 3.63) is 35.1 Å². The van der Waals surface area contributed by atoms with Gasteiger partial charge in [-0.15, -0.1) is 0 Å². The molecule has 1 aromatic carbocycles. The molecule has 6 heteroatoms. The molecule has 0 bridgehead atoms. The zero-order chi connectivity index (χ0) is 12.5. The maximum atomic E-state index is 13.2. The summed E-state index contributed by atoms with van der Waals surface area (Å²) in [5.74, 6) is -0.860. The van der Waals surface area contributed by atoms with Gasteiger partial charge in [0.15, 0.2) is 6.10 Å². The van der Waals surface area contributed by atoms with Gasteiger partial charge in [0.05, 0.1) is 6.04 Å². The van der Waals surface area contributed by atoms with Crippen molar-refractivity contribution in [2.24, 2.45) is 5.73 Å². The molecule has 90 valence electrons. The Morgan fingerprint density at radius 1 is 1.31 bits per heavy atom. The highest BCUT2D eigenvalue weighted by atomic mass is 19.4. The summed E-state index contributed by atoms with van der Waals surface area (Å²) in [5, 5.41) is 8.91. The molecule has 0 unspecified atom stereocenters. The molecule has 0 radical (unpaired) electrons. The molecule has 2 nitrogen and oxygen atoms in total. The van der Waals surface area contributed by atoms with Gasteiger partial charge in [0.25, 0.3) is 0 Å². The molecule has 0 saturated heterocycles. The summed E-state index contributed by atoms with van der Waals surface area (Å²) in [7, 11) is 0. The highest BCUT2D eigenvalue weighted by Crippen LogP contribution is 2.30. The van der Waals surface area contributed by atoms with Crippen LogP contribution in [0.2, 0.25) is 0 Å². The van der Waals surface area contributed by atoms with Crippen molar-refractivity contribution < 1.29 is 22.7 Å². The molecule has 0 aliphatic carbocycles. The Morgan fingerprint density at radius 3 is 2.38 bits per heavy atom. The minimum Gasteiger partial charge on any atom is -0.382 e. The number of hydrogen-bond acceptors (Lipinski definition) is 2. The van der Waals surface area contributed by atoms with Crippen molar-refractivity contribution in [2.75, 3.05) is 0 Å².